The molecule has 1 rings (SSSR count). The second kappa shape index (κ2) is 3.98. The Morgan fingerprint density at radius 2 is 1.67 bits per heavy atom. The lowest BCUT2D eigenvalue weighted by Gasteiger charge is -2.41. The molecule has 0 aliphatic heterocycles. The van der Waals surface area contributed by atoms with Crippen LogP contribution < -0.4 is 5.73 Å². The van der Waals surface area contributed by atoms with Gasteiger partial charge in [-0.15, -0.1) is 0 Å². The van der Waals surface area contributed by atoms with Crippen LogP contribution in [0.15, 0.2) is 0 Å². The maximum atomic E-state index is 13.0. The third-order valence-corrected chi connectivity index (χ3v) is 3.31. The summed E-state index contributed by atoms with van der Waals surface area (Å²) < 4.78 is 31.2. The zero-order valence-electron chi connectivity index (χ0n) is 9.78. The van der Waals surface area contributed by atoms with E-state index in [1.165, 1.54) is 0 Å². The monoisotopic (exact) mass is 221 g/mol. The Balaban J connectivity index is 2.56. The van der Waals surface area contributed by atoms with Crippen molar-refractivity contribution in [1.82, 2.24) is 0 Å². The van der Waals surface area contributed by atoms with Crippen LogP contribution in [0.2, 0.25) is 0 Å². The van der Waals surface area contributed by atoms with E-state index in [0.717, 1.165) is 0 Å². The van der Waals surface area contributed by atoms with Gasteiger partial charge < -0.3 is 10.5 Å². The fourth-order valence-corrected chi connectivity index (χ4v) is 2.21. The highest BCUT2D eigenvalue weighted by Gasteiger charge is 2.43. The lowest BCUT2D eigenvalue weighted by atomic mass is 9.75. The smallest absolute Gasteiger partial charge is 0.248 e. The molecule has 0 heterocycles. The number of halogens is 2. The van der Waals surface area contributed by atoms with Crippen LogP contribution in [0.5, 0.6) is 0 Å². The maximum Gasteiger partial charge on any atom is 0.248 e. The van der Waals surface area contributed by atoms with E-state index in [0.29, 0.717) is 19.3 Å². The first-order chi connectivity index (χ1) is 6.68. The molecule has 0 aromatic heterocycles. The molecule has 1 aliphatic rings. The molecule has 15 heavy (non-hydrogen) atoms. The number of ether oxygens (including phenoxy) is 1. The average molecular weight is 221 g/mol. The molecule has 1 fully saturated rings. The Bertz CT molecular complexity index is 219. The van der Waals surface area contributed by atoms with Crippen LogP contribution in [-0.4, -0.2) is 24.2 Å². The third-order valence-electron chi connectivity index (χ3n) is 3.31. The number of nitrogens with two attached hydrogens (primary N) is 1. The van der Waals surface area contributed by atoms with Crippen molar-refractivity contribution in [3.63, 3.8) is 0 Å². The topological polar surface area (TPSA) is 35.2 Å². The van der Waals surface area contributed by atoms with Gasteiger partial charge in [-0.2, -0.15) is 0 Å². The molecule has 1 saturated carbocycles. The lowest BCUT2D eigenvalue weighted by molar-refractivity contribution is -0.0687. The second-order valence-corrected chi connectivity index (χ2v) is 5.36. The van der Waals surface area contributed by atoms with Crippen LogP contribution in [-0.2, 0) is 4.74 Å². The van der Waals surface area contributed by atoms with Gasteiger partial charge >= 0.3 is 0 Å². The predicted molar refractivity (Wildman–Crippen MR) is 56.0 cm³/mol. The van der Waals surface area contributed by atoms with Crippen LogP contribution >= 0.6 is 0 Å². The van der Waals surface area contributed by atoms with Crippen molar-refractivity contribution in [3.05, 3.63) is 0 Å². The highest BCUT2D eigenvalue weighted by Crippen LogP contribution is 2.40. The van der Waals surface area contributed by atoms with Gasteiger partial charge in [0, 0.05) is 25.5 Å². The molecule has 0 atom stereocenters. The van der Waals surface area contributed by atoms with Gasteiger partial charge in [0.05, 0.1) is 5.60 Å². The highest BCUT2D eigenvalue weighted by molar-refractivity contribution is 4.96. The molecule has 0 aromatic carbocycles. The normalized spacial score (nSPS) is 25.2. The number of methoxy groups -OCH3 is 1. The minimum Gasteiger partial charge on any atom is -0.379 e. The van der Waals surface area contributed by atoms with Gasteiger partial charge in [0.25, 0.3) is 0 Å². The van der Waals surface area contributed by atoms with Crippen molar-refractivity contribution in [3.8, 4) is 0 Å². The standard InChI is InChI=1S/C11H21F2NO/c1-9(2,15-3)8-10(14)4-6-11(12,13)7-5-10/h4-8,14H2,1-3H3. The Labute approximate surface area is 90.2 Å². The van der Waals surface area contributed by atoms with Crippen molar-refractivity contribution >= 4 is 0 Å². The maximum absolute atomic E-state index is 13.0. The van der Waals surface area contributed by atoms with Crippen LogP contribution in [0.1, 0.15) is 46.0 Å². The number of hydrogen-bond donors (Lipinski definition) is 1. The molecule has 0 amide bonds. The van der Waals surface area contributed by atoms with E-state index in [1.807, 2.05) is 13.8 Å². The number of rotatable bonds is 3. The first-order valence-corrected chi connectivity index (χ1v) is 5.40. The summed E-state index contributed by atoms with van der Waals surface area (Å²) in [7, 11) is 1.63. The van der Waals surface area contributed by atoms with Gasteiger partial charge in [-0.05, 0) is 33.1 Å². The van der Waals surface area contributed by atoms with E-state index in [2.05, 4.69) is 0 Å². The summed E-state index contributed by atoms with van der Waals surface area (Å²) in [6, 6.07) is 0. The van der Waals surface area contributed by atoms with E-state index < -0.39 is 11.5 Å². The SMILES string of the molecule is COC(C)(C)CC1(N)CCC(F)(F)CC1. The van der Waals surface area contributed by atoms with Crippen molar-refractivity contribution in [2.45, 2.75) is 63.0 Å². The van der Waals surface area contributed by atoms with Crippen LogP contribution in [0, 0.1) is 0 Å². The molecule has 0 aromatic rings. The van der Waals surface area contributed by atoms with Gasteiger partial charge in [0.2, 0.25) is 5.92 Å². The van der Waals surface area contributed by atoms with Gasteiger partial charge in [0.15, 0.2) is 0 Å². The Kier molecular flexibility index (Phi) is 3.41. The van der Waals surface area contributed by atoms with Gasteiger partial charge in [-0.1, -0.05) is 0 Å². The summed E-state index contributed by atoms with van der Waals surface area (Å²) in [5, 5.41) is 0. The van der Waals surface area contributed by atoms with Crippen molar-refractivity contribution in [1.29, 1.82) is 0 Å². The Hall–Kier alpha value is -0.220. The number of hydrogen-bond acceptors (Lipinski definition) is 2. The second-order valence-electron chi connectivity index (χ2n) is 5.36. The molecule has 0 bridgehead atoms. The molecule has 2 nitrogen and oxygen atoms in total. The highest BCUT2D eigenvalue weighted by atomic mass is 19.3. The number of alkyl halides is 2. The van der Waals surface area contributed by atoms with Crippen LogP contribution in [0.4, 0.5) is 8.78 Å². The summed E-state index contributed by atoms with van der Waals surface area (Å²) in [6.45, 7) is 3.88. The molecular weight excluding hydrogens is 200 g/mol. The Morgan fingerprint density at radius 1 is 1.20 bits per heavy atom. The molecular formula is C11H21F2NO. The van der Waals surface area contributed by atoms with Crippen LogP contribution in [0.25, 0.3) is 0 Å². The first-order valence-electron chi connectivity index (χ1n) is 5.40. The molecule has 1 aliphatic carbocycles. The first kappa shape index (κ1) is 12.8. The fraction of sp³-hybridized carbons (Fsp3) is 1.00. The average Bonchev–Trinajstić information content (AvgIpc) is 2.11. The molecule has 90 valence electrons. The quantitative estimate of drug-likeness (QED) is 0.795. The zero-order chi connectivity index (χ0) is 11.7. The molecule has 0 spiro atoms. The van der Waals surface area contributed by atoms with Crippen molar-refractivity contribution in [2.24, 2.45) is 5.73 Å². The van der Waals surface area contributed by atoms with Gasteiger partial charge in [0.1, 0.15) is 0 Å². The summed E-state index contributed by atoms with van der Waals surface area (Å²) in [5.74, 6) is -2.51. The lowest BCUT2D eigenvalue weighted by Crippen LogP contribution is -2.50. The fourth-order valence-electron chi connectivity index (χ4n) is 2.21. The summed E-state index contributed by atoms with van der Waals surface area (Å²) >= 11 is 0. The zero-order valence-corrected chi connectivity index (χ0v) is 9.78. The van der Waals surface area contributed by atoms with E-state index >= 15 is 0 Å². The van der Waals surface area contributed by atoms with Gasteiger partial charge in [-0.25, -0.2) is 8.78 Å². The molecule has 4 heteroatoms. The van der Waals surface area contributed by atoms with Gasteiger partial charge in [-0.3, -0.25) is 0 Å². The van der Waals surface area contributed by atoms with E-state index in [4.69, 9.17) is 10.5 Å². The molecule has 0 saturated heterocycles. The predicted octanol–water partition coefficient (Wildman–Crippen LogP) is 2.71. The van der Waals surface area contributed by atoms with Crippen molar-refractivity contribution in [2.75, 3.05) is 7.11 Å². The van der Waals surface area contributed by atoms with E-state index in [-0.39, 0.29) is 18.4 Å². The third kappa shape index (κ3) is 3.68. The largest absolute Gasteiger partial charge is 0.379 e. The minimum atomic E-state index is -2.51. The van der Waals surface area contributed by atoms with E-state index in [9.17, 15) is 8.78 Å². The van der Waals surface area contributed by atoms with Crippen LogP contribution in [0.3, 0.4) is 0 Å². The van der Waals surface area contributed by atoms with Crippen molar-refractivity contribution < 1.29 is 13.5 Å². The van der Waals surface area contributed by atoms with E-state index in [1.54, 1.807) is 7.11 Å². The summed E-state index contributed by atoms with van der Waals surface area (Å²) in [6.07, 6.45) is 1.21. The molecule has 0 radical (unpaired) electrons. The molecule has 0 unspecified atom stereocenters. The minimum absolute atomic E-state index is 0.0940. The summed E-state index contributed by atoms with van der Waals surface area (Å²) in [5.41, 5.74) is 5.31. The molecule has 2 N–H and O–H groups in total. The Morgan fingerprint density at radius 3 is 2.07 bits per heavy atom. The summed E-state index contributed by atoms with van der Waals surface area (Å²) in [4.78, 5) is 0.